The molecule has 0 bridgehead atoms. The molecule has 2 rings (SSSR count). The lowest BCUT2D eigenvalue weighted by Crippen LogP contribution is -2.37. The Morgan fingerprint density at radius 1 is 1.43 bits per heavy atom. The first-order valence-corrected chi connectivity index (χ1v) is 6.11. The highest BCUT2D eigenvalue weighted by atomic mass is 19.3. The number of nitrogens with zero attached hydrogens (tertiary/aromatic N) is 5. The van der Waals surface area contributed by atoms with Crippen molar-refractivity contribution in [1.29, 1.82) is 0 Å². The monoisotopic (exact) mass is 297 g/mol. The summed E-state index contributed by atoms with van der Waals surface area (Å²) in [6.07, 6.45) is 1.39. The molecule has 0 atom stereocenters. The number of rotatable bonds is 6. The summed E-state index contributed by atoms with van der Waals surface area (Å²) in [5.74, 6) is -0.159. The van der Waals surface area contributed by atoms with Gasteiger partial charge in [0.25, 0.3) is 12.3 Å². The highest BCUT2D eigenvalue weighted by Gasteiger charge is 2.19. The Balaban J connectivity index is 2.14. The minimum atomic E-state index is -2.66. The van der Waals surface area contributed by atoms with E-state index in [0.717, 1.165) is 4.90 Å². The second-order valence-corrected chi connectivity index (χ2v) is 4.11. The number of pyridine rings is 1. The molecular formula is C12H13F2N5O2. The van der Waals surface area contributed by atoms with Gasteiger partial charge in [0.05, 0.1) is 18.7 Å². The highest BCUT2D eigenvalue weighted by molar-refractivity contribution is 5.94. The summed E-state index contributed by atoms with van der Waals surface area (Å²) in [5.41, 5.74) is 0.160. The first-order valence-electron chi connectivity index (χ1n) is 6.11. The number of halogens is 2. The summed E-state index contributed by atoms with van der Waals surface area (Å²) in [7, 11) is 0. The molecular weight excluding hydrogens is 284 g/mol. The van der Waals surface area contributed by atoms with Crippen LogP contribution in [-0.4, -0.2) is 61.8 Å². The third-order valence-corrected chi connectivity index (χ3v) is 2.66. The first-order chi connectivity index (χ1) is 10.1. The van der Waals surface area contributed by atoms with Gasteiger partial charge in [-0.25, -0.2) is 23.4 Å². The fourth-order valence-corrected chi connectivity index (χ4v) is 1.72. The van der Waals surface area contributed by atoms with Crippen LogP contribution >= 0.6 is 0 Å². The summed E-state index contributed by atoms with van der Waals surface area (Å²) < 4.78 is 26.3. The zero-order valence-electron chi connectivity index (χ0n) is 10.9. The van der Waals surface area contributed by atoms with Crippen LogP contribution in [-0.2, 0) is 0 Å². The molecule has 0 radical (unpaired) electrons. The molecule has 0 aromatic carbocycles. The van der Waals surface area contributed by atoms with Crippen molar-refractivity contribution in [2.24, 2.45) is 0 Å². The minimum Gasteiger partial charge on any atom is -0.395 e. The number of aliphatic hydroxyl groups excluding tert-OH is 1. The lowest BCUT2D eigenvalue weighted by molar-refractivity contribution is 0.0509. The molecule has 0 unspecified atom stereocenters. The predicted molar refractivity (Wildman–Crippen MR) is 68.1 cm³/mol. The van der Waals surface area contributed by atoms with Crippen LogP contribution < -0.4 is 0 Å². The minimum absolute atomic E-state index is 0.159. The molecule has 0 saturated carbocycles. The molecule has 9 heteroatoms. The summed E-state index contributed by atoms with van der Waals surface area (Å²) in [6.45, 7) is -1.28. The molecule has 2 aromatic heterocycles. The number of carbonyl (C=O) groups is 1. The number of carbonyl (C=O) groups excluding carboxylic acids is 1. The Kier molecular flexibility index (Phi) is 4.88. The average molecular weight is 297 g/mol. The van der Waals surface area contributed by atoms with Crippen LogP contribution in [0.4, 0.5) is 8.78 Å². The molecule has 1 N–H and O–H groups in total. The normalized spacial score (nSPS) is 10.9. The van der Waals surface area contributed by atoms with Gasteiger partial charge in [-0.15, -0.1) is 0 Å². The van der Waals surface area contributed by atoms with Crippen molar-refractivity contribution in [2.45, 2.75) is 6.43 Å². The fourth-order valence-electron chi connectivity index (χ4n) is 1.72. The quantitative estimate of drug-likeness (QED) is 0.832. The van der Waals surface area contributed by atoms with E-state index >= 15 is 0 Å². The van der Waals surface area contributed by atoms with Crippen molar-refractivity contribution < 1.29 is 18.7 Å². The van der Waals surface area contributed by atoms with E-state index in [2.05, 4.69) is 15.1 Å². The van der Waals surface area contributed by atoms with Gasteiger partial charge in [0.1, 0.15) is 12.7 Å². The average Bonchev–Trinajstić information content (AvgIpc) is 3.00. The molecule has 0 saturated heterocycles. The Hall–Kier alpha value is -2.42. The Morgan fingerprint density at radius 3 is 2.76 bits per heavy atom. The number of aliphatic hydroxyl groups is 1. The van der Waals surface area contributed by atoms with Crippen LogP contribution in [0.1, 0.15) is 10.4 Å². The Bertz CT molecular complexity index is 574. The summed E-state index contributed by atoms with van der Waals surface area (Å²) in [6, 6.07) is 2.99. The Morgan fingerprint density at radius 2 is 2.24 bits per heavy atom. The van der Waals surface area contributed by atoms with E-state index in [1.807, 2.05) is 0 Å². The lowest BCUT2D eigenvalue weighted by Gasteiger charge is -2.21. The van der Waals surface area contributed by atoms with Crippen LogP contribution in [0.3, 0.4) is 0 Å². The van der Waals surface area contributed by atoms with Gasteiger partial charge in [-0.3, -0.25) is 4.79 Å². The van der Waals surface area contributed by atoms with Gasteiger partial charge in [0.15, 0.2) is 5.82 Å². The van der Waals surface area contributed by atoms with Gasteiger partial charge in [-0.1, -0.05) is 0 Å². The van der Waals surface area contributed by atoms with E-state index in [1.165, 1.54) is 35.7 Å². The van der Waals surface area contributed by atoms with E-state index < -0.39 is 18.9 Å². The lowest BCUT2D eigenvalue weighted by atomic mass is 10.2. The van der Waals surface area contributed by atoms with Crippen molar-refractivity contribution in [3.8, 4) is 5.82 Å². The Labute approximate surface area is 118 Å². The van der Waals surface area contributed by atoms with Gasteiger partial charge in [-0.2, -0.15) is 5.10 Å². The second-order valence-electron chi connectivity index (χ2n) is 4.11. The topological polar surface area (TPSA) is 84.1 Å². The van der Waals surface area contributed by atoms with Crippen molar-refractivity contribution in [3.63, 3.8) is 0 Å². The van der Waals surface area contributed by atoms with E-state index in [1.54, 1.807) is 0 Å². The molecule has 7 nitrogen and oxygen atoms in total. The van der Waals surface area contributed by atoms with Crippen molar-refractivity contribution in [2.75, 3.05) is 19.7 Å². The molecule has 0 aliphatic heterocycles. The maximum Gasteiger partial charge on any atom is 0.255 e. The zero-order valence-corrected chi connectivity index (χ0v) is 10.9. The van der Waals surface area contributed by atoms with Crippen LogP contribution in [0.5, 0.6) is 0 Å². The molecule has 21 heavy (non-hydrogen) atoms. The molecule has 2 aromatic rings. The summed E-state index contributed by atoms with van der Waals surface area (Å²) in [5, 5.41) is 12.7. The van der Waals surface area contributed by atoms with Gasteiger partial charge < -0.3 is 10.0 Å². The predicted octanol–water partition coefficient (Wildman–Crippen LogP) is 0.362. The molecule has 0 spiro atoms. The van der Waals surface area contributed by atoms with Gasteiger partial charge in [-0.05, 0) is 12.1 Å². The number of amides is 1. The standard InChI is InChI=1S/C12H13F2N5O2/c13-10(14)6-18(3-4-20)12(21)9-1-2-11(16-5-9)19-8-15-7-17-19/h1-2,5,7-8,10,20H,3-4,6H2. The summed E-state index contributed by atoms with van der Waals surface area (Å²) in [4.78, 5) is 20.8. The van der Waals surface area contributed by atoms with Crippen molar-refractivity contribution >= 4 is 5.91 Å². The van der Waals surface area contributed by atoms with Crippen LogP contribution in [0.2, 0.25) is 0 Å². The molecule has 1 amide bonds. The number of aromatic nitrogens is 4. The molecule has 0 aliphatic rings. The van der Waals surface area contributed by atoms with E-state index in [4.69, 9.17) is 5.11 Å². The number of hydrogen-bond donors (Lipinski definition) is 1. The second kappa shape index (κ2) is 6.84. The summed E-state index contributed by atoms with van der Waals surface area (Å²) >= 11 is 0. The van der Waals surface area contributed by atoms with E-state index in [9.17, 15) is 13.6 Å². The maximum absolute atomic E-state index is 12.4. The molecule has 0 fully saturated rings. The van der Waals surface area contributed by atoms with E-state index in [-0.39, 0.29) is 18.7 Å². The van der Waals surface area contributed by atoms with Crippen LogP contribution in [0.25, 0.3) is 5.82 Å². The SMILES string of the molecule is O=C(c1ccc(-n2cncn2)nc1)N(CCO)CC(F)F. The smallest absolute Gasteiger partial charge is 0.255 e. The van der Waals surface area contributed by atoms with Crippen LogP contribution in [0.15, 0.2) is 31.0 Å². The fraction of sp³-hybridized carbons (Fsp3) is 0.333. The van der Waals surface area contributed by atoms with Crippen LogP contribution in [0, 0.1) is 0 Å². The third kappa shape index (κ3) is 3.78. The zero-order chi connectivity index (χ0) is 15.2. The van der Waals surface area contributed by atoms with Crippen molar-refractivity contribution in [1.82, 2.24) is 24.6 Å². The largest absolute Gasteiger partial charge is 0.395 e. The molecule has 2 heterocycles. The first kappa shape index (κ1) is 15.0. The van der Waals surface area contributed by atoms with Crippen molar-refractivity contribution in [3.05, 3.63) is 36.5 Å². The maximum atomic E-state index is 12.4. The number of alkyl halides is 2. The van der Waals surface area contributed by atoms with E-state index in [0.29, 0.717) is 5.82 Å². The van der Waals surface area contributed by atoms with Gasteiger partial charge in [0.2, 0.25) is 0 Å². The van der Waals surface area contributed by atoms with Gasteiger partial charge in [0, 0.05) is 12.7 Å². The van der Waals surface area contributed by atoms with Gasteiger partial charge >= 0.3 is 0 Å². The third-order valence-electron chi connectivity index (χ3n) is 2.66. The molecule has 112 valence electrons. The number of hydrogen-bond acceptors (Lipinski definition) is 5. The molecule has 0 aliphatic carbocycles. The highest BCUT2D eigenvalue weighted by Crippen LogP contribution is 2.09.